The minimum Gasteiger partial charge on any atom is -0.464 e. The van der Waals surface area contributed by atoms with Crippen LogP contribution in [0.4, 0.5) is 0 Å². The Morgan fingerprint density at radius 1 is 1.15 bits per heavy atom. The third-order valence-electron chi connectivity index (χ3n) is 6.35. The molecular weight excluding hydrogens is 450 g/mol. The second kappa shape index (κ2) is 8.72. The molecule has 1 aliphatic heterocycles. The van der Waals surface area contributed by atoms with Gasteiger partial charge in [0.2, 0.25) is 0 Å². The van der Waals surface area contributed by atoms with Crippen LogP contribution in [-0.2, 0) is 14.3 Å². The largest absolute Gasteiger partial charge is 0.464 e. The summed E-state index contributed by atoms with van der Waals surface area (Å²) < 4.78 is 11.3. The number of rotatable bonds is 4. The highest BCUT2D eigenvalue weighted by atomic mass is 32.1. The Hall–Kier alpha value is -3.45. The van der Waals surface area contributed by atoms with E-state index < -0.39 is 11.9 Å². The van der Waals surface area contributed by atoms with Crippen LogP contribution in [0.1, 0.15) is 55.9 Å². The molecule has 0 radical (unpaired) electrons. The Morgan fingerprint density at radius 2 is 1.94 bits per heavy atom. The van der Waals surface area contributed by atoms with Gasteiger partial charge in [-0.25, -0.2) is 4.79 Å². The van der Waals surface area contributed by atoms with E-state index in [0.717, 1.165) is 10.6 Å². The van der Waals surface area contributed by atoms with E-state index in [1.807, 2.05) is 17.5 Å². The number of dihydropyridines is 1. The quantitative estimate of drug-likeness (QED) is 0.524. The van der Waals surface area contributed by atoms with E-state index >= 15 is 0 Å². The summed E-state index contributed by atoms with van der Waals surface area (Å²) >= 11 is 1.63. The first kappa shape index (κ1) is 22.3. The number of benzene rings is 1. The number of thiophene rings is 1. The average Bonchev–Trinajstić information content (AvgIpc) is 3.33. The molecule has 0 saturated carbocycles. The number of carbonyl (C=O) groups is 2. The first-order chi connectivity index (χ1) is 16.3. The summed E-state index contributed by atoms with van der Waals surface area (Å²) in [6.07, 6.45) is 1.99. The van der Waals surface area contributed by atoms with Crippen molar-refractivity contribution in [1.82, 2.24) is 5.32 Å². The third-order valence-corrected chi connectivity index (χ3v) is 7.39. The molecule has 1 aliphatic carbocycles. The van der Waals surface area contributed by atoms with E-state index in [9.17, 15) is 14.4 Å². The average molecular weight is 476 g/mol. The molecule has 6 nitrogen and oxygen atoms in total. The topological polar surface area (TPSA) is 85.6 Å². The summed E-state index contributed by atoms with van der Waals surface area (Å²) in [6.45, 7) is 5.33. The molecule has 5 rings (SSSR count). The van der Waals surface area contributed by atoms with Gasteiger partial charge in [0.05, 0.1) is 29.2 Å². The highest BCUT2D eigenvalue weighted by Crippen LogP contribution is 2.46. The summed E-state index contributed by atoms with van der Waals surface area (Å²) in [6, 6.07) is 11.0. The fourth-order valence-electron chi connectivity index (χ4n) is 4.92. The predicted octanol–water partition coefficient (Wildman–Crippen LogP) is 5.17. The summed E-state index contributed by atoms with van der Waals surface area (Å²) in [5.41, 5.74) is 2.54. The zero-order chi connectivity index (χ0) is 24.0. The first-order valence-corrected chi connectivity index (χ1v) is 12.2. The number of carbonyl (C=O) groups excluding carboxylic acids is 2. The van der Waals surface area contributed by atoms with Gasteiger partial charge in [-0.15, -0.1) is 11.3 Å². The van der Waals surface area contributed by atoms with Crippen molar-refractivity contribution < 1.29 is 18.7 Å². The van der Waals surface area contributed by atoms with Crippen LogP contribution < -0.4 is 10.7 Å². The molecule has 0 amide bonds. The Kier molecular flexibility index (Phi) is 5.73. The number of hydrogen-bond acceptors (Lipinski definition) is 7. The lowest BCUT2D eigenvalue weighted by Crippen LogP contribution is -2.37. The number of Topliss-reactive ketones (excluding diaryl/α,β-unsaturated/α-hetero) is 1. The molecule has 7 heteroatoms. The van der Waals surface area contributed by atoms with E-state index in [-0.39, 0.29) is 34.4 Å². The van der Waals surface area contributed by atoms with Crippen LogP contribution in [-0.4, -0.2) is 17.9 Å². The molecule has 2 aliphatic rings. The van der Waals surface area contributed by atoms with Crippen molar-refractivity contribution in [1.29, 1.82) is 0 Å². The van der Waals surface area contributed by atoms with Crippen molar-refractivity contribution in [3.8, 4) is 0 Å². The Bertz CT molecular complexity index is 1410. The Balaban J connectivity index is 1.69. The van der Waals surface area contributed by atoms with Crippen molar-refractivity contribution in [2.75, 3.05) is 0 Å². The van der Waals surface area contributed by atoms with Crippen molar-refractivity contribution >= 4 is 34.1 Å². The smallest absolute Gasteiger partial charge is 0.337 e. The van der Waals surface area contributed by atoms with Crippen LogP contribution in [0.3, 0.4) is 0 Å². The SMILES string of the molecule is CC1=C(C(=O)OC(C)C)[C@@H](c2coc3ccccc3c2=O)C2=C(C[C@H](c3cccs3)CC2=O)N1. The fraction of sp³-hybridized carbons (Fsp3) is 0.296. The van der Waals surface area contributed by atoms with Crippen LogP contribution in [0.15, 0.2) is 79.8 Å². The molecule has 34 heavy (non-hydrogen) atoms. The monoisotopic (exact) mass is 475 g/mol. The number of allylic oxidation sites excluding steroid dienone is 3. The van der Waals surface area contributed by atoms with Crippen LogP contribution in [0.5, 0.6) is 0 Å². The molecule has 0 fully saturated rings. The van der Waals surface area contributed by atoms with E-state index in [4.69, 9.17) is 9.15 Å². The number of esters is 1. The molecule has 0 unspecified atom stereocenters. The van der Waals surface area contributed by atoms with Gasteiger partial charge in [0.25, 0.3) is 0 Å². The van der Waals surface area contributed by atoms with Crippen LogP contribution in [0.2, 0.25) is 0 Å². The molecular formula is C27H25NO5S. The van der Waals surface area contributed by atoms with Gasteiger partial charge in [-0.3, -0.25) is 9.59 Å². The lowest BCUT2D eigenvalue weighted by atomic mass is 9.73. The zero-order valence-corrected chi connectivity index (χ0v) is 20.0. The maximum atomic E-state index is 13.6. The minimum absolute atomic E-state index is 0.0596. The number of ether oxygens (including phenoxy) is 1. The maximum absolute atomic E-state index is 13.6. The fourth-order valence-corrected chi connectivity index (χ4v) is 5.75. The first-order valence-electron chi connectivity index (χ1n) is 11.3. The van der Waals surface area contributed by atoms with Crippen molar-refractivity contribution in [3.05, 3.63) is 91.2 Å². The van der Waals surface area contributed by atoms with E-state index in [2.05, 4.69) is 5.32 Å². The molecule has 1 N–H and O–H groups in total. The van der Waals surface area contributed by atoms with Crippen molar-refractivity contribution in [2.24, 2.45) is 0 Å². The van der Waals surface area contributed by atoms with Crippen molar-refractivity contribution in [2.45, 2.75) is 51.6 Å². The second-order valence-electron chi connectivity index (χ2n) is 9.00. The van der Waals surface area contributed by atoms with Gasteiger partial charge in [-0.2, -0.15) is 0 Å². The Labute approximate surface area is 200 Å². The molecule has 2 aromatic heterocycles. The van der Waals surface area contributed by atoms with Crippen LogP contribution in [0.25, 0.3) is 11.0 Å². The molecule has 2 atom stereocenters. The maximum Gasteiger partial charge on any atom is 0.337 e. The van der Waals surface area contributed by atoms with E-state index in [1.54, 1.807) is 56.4 Å². The molecule has 0 bridgehead atoms. The minimum atomic E-state index is -0.847. The molecule has 174 valence electrons. The van der Waals surface area contributed by atoms with Crippen molar-refractivity contribution in [3.63, 3.8) is 0 Å². The van der Waals surface area contributed by atoms with Crippen LogP contribution >= 0.6 is 11.3 Å². The highest BCUT2D eigenvalue weighted by Gasteiger charge is 2.43. The molecule has 0 spiro atoms. The Morgan fingerprint density at radius 3 is 2.68 bits per heavy atom. The highest BCUT2D eigenvalue weighted by molar-refractivity contribution is 7.10. The van der Waals surface area contributed by atoms with E-state index in [0.29, 0.717) is 35.1 Å². The van der Waals surface area contributed by atoms with Gasteiger partial charge in [0.1, 0.15) is 5.58 Å². The number of nitrogens with one attached hydrogen (secondary N) is 1. The molecule has 3 heterocycles. The van der Waals surface area contributed by atoms with Gasteiger partial charge in [0, 0.05) is 39.7 Å². The van der Waals surface area contributed by atoms with Gasteiger partial charge in [0.15, 0.2) is 11.2 Å². The third kappa shape index (κ3) is 3.80. The lowest BCUT2D eigenvalue weighted by molar-refractivity contribution is -0.143. The molecule has 1 aromatic carbocycles. The second-order valence-corrected chi connectivity index (χ2v) is 9.98. The number of para-hydroxylation sites is 1. The normalized spacial score (nSPS) is 20.5. The van der Waals surface area contributed by atoms with Gasteiger partial charge >= 0.3 is 5.97 Å². The standard InChI is InChI=1S/C27H25NO5S/c1-14(2)33-27(31)23-15(3)28-19-11-16(22-9-6-10-34-22)12-20(29)25(19)24(23)18-13-32-21-8-5-4-7-17(21)26(18)30/h4-10,13-14,16,24,28H,11-12H2,1-3H3/t16-,24+/m0/s1. The predicted molar refractivity (Wildman–Crippen MR) is 131 cm³/mol. The van der Waals surface area contributed by atoms with Gasteiger partial charge in [-0.05, 0) is 50.8 Å². The number of fused-ring (bicyclic) bond motifs is 1. The summed E-state index contributed by atoms with van der Waals surface area (Å²) in [7, 11) is 0. The lowest BCUT2D eigenvalue weighted by Gasteiger charge is -2.36. The van der Waals surface area contributed by atoms with Crippen LogP contribution in [0, 0.1) is 0 Å². The number of hydrogen-bond donors (Lipinski definition) is 1. The van der Waals surface area contributed by atoms with E-state index in [1.165, 1.54) is 6.26 Å². The molecule has 3 aromatic rings. The summed E-state index contributed by atoms with van der Waals surface area (Å²) in [5.74, 6) is -1.41. The van der Waals surface area contributed by atoms with Gasteiger partial charge in [-0.1, -0.05) is 18.2 Å². The molecule has 0 saturated heterocycles. The number of ketones is 1. The summed E-state index contributed by atoms with van der Waals surface area (Å²) in [5, 5.41) is 5.73. The zero-order valence-electron chi connectivity index (χ0n) is 19.2. The van der Waals surface area contributed by atoms with Gasteiger partial charge < -0.3 is 14.5 Å². The summed E-state index contributed by atoms with van der Waals surface area (Å²) in [4.78, 5) is 41.5.